The van der Waals surface area contributed by atoms with E-state index in [0.717, 1.165) is 6.07 Å². The highest BCUT2D eigenvalue weighted by Crippen LogP contribution is 2.34. The molecule has 0 aromatic heterocycles. The lowest BCUT2D eigenvalue weighted by atomic mass is 10.1. The first kappa shape index (κ1) is 10.3. The molecule has 0 aliphatic rings. The van der Waals surface area contributed by atoms with Gasteiger partial charge in [-0.2, -0.15) is 18.4 Å². The van der Waals surface area contributed by atoms with Crippen molar-refractivity contribution in [2.75, 3.05) is 0 Å². The Morgan fingerprint density at radius 2 is 1.92 bits per heavy atom. The van der Waals surface area contributed by atoms with E-state index < -0.39 is 11.7 Å². The van der Waals surface area contributed by atoms with Crippen LogP contribution in [0.4, 0.5) is 13.2 Å². The molecule has 0 atom stereocenters. The third-order valence-electron chi connectivity index (χ3n) is 1.42. The second kappa shape index (κ2) is 3.54. The molecular formula is C8H3F3IN. The molecule has 0 saturated carbocycles. The molecule has 0 fully saturated rings. The maximum atomic E-state index is 12.3. The van der Waals surface area contributed by atoms with E-state index in [1.165, 1.54) is 18.2 Å². The van der Waals surface area contributed by atoms with Gasteiger partial charge >= 0.3 is 6.18 Å². The molecule has 1 aromatic carbocycles. The van der Waals surface area contributed by atoms with Crippen LogP contribution in [0.15, 0.2) is 18.2 Å². The molecule has 0 aliphatic heterocycles. The summed E-state index contributed by atoms with van der Waals surface area (Å²) < 4.78 is 37.1. The van der Waals surface area contributed by atoms with Gasteiger partial charge in [0.05, 0.1) is 17.2 Å². The lowest BCUT2D eigenvalue weighted by molar-refractivity contribution is -0.138. The maximum absolute atomic E-state index is 12.3. The van der Waals surface area contributed by atoms with Gasteiger partial charge < -0.3 is 0 Å². The van der Waals surface area contributed by atoms with Gasteiger partial charge in [0.2, 0.25) is 0 Å². The minimum Gasteiger partial charge on any atom is -0.192 e. The first-order valence-electron chi connectivity index (χ1n) is 3.22. The van der Waals surface area contributed by atoms with Crippen molar-refractivity contribution in [2.45, 2.75) is 6.18 Å². The number of hydrogen-bond donors (Lipinski definition) is 0. The van der Waals surface area contributed by atoms with E-state index in [1.54, 1.807) is 22.6 Å². The minimum atomic E-state index is -4.46. The highest BCUT2D eigenvalue weighted by Gasteiger charge is 2.35. The highest BCUT2D eigenvalue weighted by atomic mass is 127. The number of hydrogen-bond acceptors (Lipinski definition) is 1. The summed E-state index contributed by atoms with van der Waals surface area (Å²) in [6.07, 6.45) is -4.46. The molecule has 1 nitrogen and oxygen atoms in total. The second-order valence-corrected chi connectivity index (χ2v) is 3.43. The third-order valence-corrected chi connectivity index (χ3v) is 2.32. The molecule has 0 saturated heterocycles. The topological polar surface area (TPSA) is 23.8 Å². The summed E-state index contributed by atoms with van der Waals surface area (Å²) in [6.45, 7) is 0. The van der Waals surface area contributed by atoms with Gasteiger partial charge in [0.25, 0.3) is 0 Å². The average molecular weight is 297 g/mol. The summed E-state index contributed by atoms with van der Waals surface area (Å²) in [5, 5.41) is 8.45. The fourth-order valence-corrected chi connectivity index (χ4v) is 1.71. The van der Waals surface area contributed by atoms with E-state index in [2.05, 4.69) is 0 Å². The first-order chi connectivity index (χ1) is 5.96. The largest absolute Gasteiger partial charge is 0.418 e. The van der Waals surface area contributed by atoms with Crippen molar-refractivity contribution < 1.29 is 13.2 Å². The predicted molar refractivity (Wildman–Crippen MR) is 48.9 cm³/mol. The van der Waals surface area contributed by atoms with Crippen LogP contribution in [0.1, 0.15) is 11.1 Å². The summed E-state index contributed by atoms with van der Waals surface area (Å²) in [7, 11) is 0. The molecule has 13 heavy (non-hydrogen) atoms. The molecule has 0 aliphatic carbocycles. The van der Waals surface area contributed by atoms with Crippen LogP contribution >= 0.6 is 22.6 Å². The fourth-order valence-electron chi connectivity index (χ4n) is 0.905. The number of alkyl halides is 3. The van der Waals surface area contributed by atoms with Gasteiger partial charge in [-0.25, -0.2) is 0 Å². The summed E-state index contributed by atoms with van der Waals surface area (Å²) >= 11 is 1.56. The quantitative estimate of drug-likeness (QED) is 0.675. The lowest BCUT2D eigenvalue weighted by Gasteiger charge is -2.09. The number of nitrogens with zero attached hydrogens (tertiary/aromatic N) is 1. The summed E-state index contributed by atoms with van der Waals surface area (Å²) in [6, 6.07) is 5.43. The Labute approximate surface area is 86.3 Å². The van der Waals surface area contributed by atoms with Crippen molar-refractivity contribution >= 4 is 22.6 Å². The van der Waals surface area contributed by atoms with Crippen LogP contribution in [0, 0.1) is 14.9 Å². The number of halogens is 4. The molecule has 0 radical (unpaired) electrons. The maximum Gasteiger partial charge on any atom is 0.418 e. The van der Waals surface area contributed by atoms with E-state index in [9.17, 15) is 13.2 Å². The zero-order valence-electron chi connectivity index (χ0n) is 6.19. The zero-order valence-corrected chi connectivity index (χ0v) is 8.35. The summed E-state index contributed by atoms with van der Waals surface area (Å²) in [4.78, 5) is 0. The van der Waals surface area contributed by atoms with Gasteiger partial charge in [-0.3, -0.25) is 0 Å². The zero-order chi connectivity index (χ0) is 10.1. The molecule has 0 spiro atoms. The van der Waals surface area contributed by atoms with Gasteiger partial charge in [0.1, 0.15) is 0 Å². The predicted octanol–water partition coefficient (Wildman–Crippen LogP) is 3.18. The van der Waals surface area contributed by atoms with Gasteiger partial charge in [-0.05, 0) is 34.7 Å². The van der Waals surface area contributed by atoms with Gasteiger partial charge in [0.15, 0.2) is 0 Å². The van der Waals surface area contributed by atoms with Crippen molar-refractivity contribution in [1.82, 2.24) is 0 Å². The molecular weight excluding hydrogens is 294 g/mol. The van der Waals surface area contributed by atoms with Crippen LogP contribution in [-0.2, 0) is 6.18 Å². The monoisotopic (exact) mass is 297 g/mol. The van der Waals surface area contributed by atoms with Crippen molar-refractivity contribution in [3.05, 3.63) is 32.9 Å². The Morgan fingerprint density at radius 1 is 1.31 bits per heavy atom. The van der Waals surface area contributed by atoms with Gasteiger partial charge in [-0.1, -0.05) is 6.07 Å². The highest BCUT2D eigenvalue weighted by molar-refractivity contribution is 14.1. The van der Waals surface area contributed by atoms with Crippen molar-refractivity contribution in [1.29, 1.82) is 5.26 Å². The van der Waals surface area contributed by atoms with Crippen LogP contribution in [-0.4, -0.2) is 0 Å². The Morgan fingerprint density at radius 3 is 2.31 bits per heavy atom. The normalized spacial score (nSPS) is 11.0. The molecule has 1 aromatic rings. The fraction of sp³-hybridized carbons (Fsp3) is 0.125. The summed E-state index contributed by atoms with van der Waals surface area (Å²) in [5.41, 5.74) is -1.18. The number of benzene rings is 1. The Hall–Kier alpha value is -0.770. The number of nitriles is 1. The van der Waals surface area contributed by atoms with Crippen LogP contribution in [0.3, 0.4) is 0 Å². The first-order valence-corrected chi connectivity index (χ1v) is 4.30. The van der Waals surface area contributed by atoms with Crippen molar-refractivity contribution in [3.8, 4) is 6.07 Å². The Bertz CT molecular complexity index is 365. The molecule has 0 unspecified atom stereocenters. The third kappa shape index (κ3) is 2.12. The lowest BCUT2D eigenvalue weighted by Crippen LogP contribution is -2.10. The molecule has 0 bridgehead atoms. The Balaban J connectivity index is 3.43. The molecule has 68 valence electrons. The minimum absolute atomic E-state index is 0.0455. The van der Waals surface area contributed by atoms with Crippen LogP contribution in [0.2, 0.25) is 0 Å². The van der Waals surface area contributed by atoms with Crippen molar-refractivity contribution in [3.63, 3.8) is 0 Å². The smallest absolute Gasteiger partial charge is 0.192 e. The summed E-state index contributed by atoms with van der Waals surface area (Å²) in [5.74, 6) is 0. The molecule has 5 heteroatoms. The Kier molecular flexibility index (Phi) is 2.81. The van der Waals surface area contributed by atoms with E-state index in [-0.39, 0.29) is 9.13 Å². The van der Waals surface area contributed by atoms with Crippen LogP contribution < -0.4 is 0 Å². The number of rotatable bonds is 0. The molecule has 0 heterocycles. The SMILES string of the molecule is N#Cc1cccc(I)c1C(F)(F)F. The van der Waals surface area contributed by atoms with E-state index in [4.69, 9.17) is 5.26 Å². The standard InChI is InChI=1S/C8H3F3IN/c9-8(10,11)7-5(4-13)2-1-3-6(7)12/h1-3H. The molecule has 1 rings (SSSR count). The van der Waals surface area contributed by atoms with Crippen LogP contribution in [0.5, 0.6) is 0 Å². The van der Waals surface area contributed by atoms with Gasteiger partial charge in [-0.15, -0.1) is 0 Å². The van der Waals surface area contributed by atoms with E-state index in [1.807, 2.05) is 0 Å². The van der Waals surface area contributed by atoms with Crippen LogP contribution in [0.25, 0.3) is 0 Å². The molecule has 0 amide bonds. The average Bonchev–Trinajstić information content (AvgIpc) is 2.01. The van der Waals surface area contributed by atoms with E-state index in [0.29, 0.717) is 0 Å². The second-order valence-electron chi connectivity index (χ2n) is 2.27. The molecule has 0 N–H and O–H groups in total. The van der Waals surface area contributed by atoms with Gasteiger partial charge in [0, 0.05) is 3.57 Å². The van der Waals surface area contributed by atoms with Crippen molar-refractivity contribution in [2.24, 2.45) is 0 Å². The van der Waals surface area contributed by atoms with E-state index >= 15 is 0 Å².